The Morgan fingerprint density at radius 3 is 2.58 bits per heavy atom. The smallest absolute Gasteiger partial charge is 0.0821 e. The van der Waals surface area contributed by atoms with E-state index in [1.807, 2.05) is 12.1 Å². The van der Waals surface area contributed by atoms with E-state index in [0.29, 0.717) is 6.54 Å². The minimum absolute atomic E-state index is 0.0665. The first-order chi connectivity index (χ1) is 9.06. The zero-order chi connectivity index (χ0) is 13.9. The van der Waals surface area contributed by atoms with Crippen LogP contribution in [0.5, 0.6) is 0 Å². The summed E-state index contributed by atoms with van der Waals surface area (Å²) in [5.74, 6) is 0. The van der Waals surface area contributed by atoms with Crippen molar-refractivity contribution in [3.05, 3.63) is 29.8 Å². The van der Waals surface area contributed by atoms with E-state index < -0.39 is 5.60 Å². The molecule has 0 bridgehead atoms. The van der Waals surface area contributed by atoms with Gasteiger partial charge in [0.05, 0.1) is 5.60 Å². The molecule has 3 heteroatoms. The molecule has 0 heterocycles. The zero-order valence-corrected chi connectivity index (χ0v) is 12.1. The Labute approximate surface area is 116 Å². The number of aliphatic hydroxyl groups is 1. The van der Waals surface area contributed by atoms with Gasteiger partial charge in [-0.15, -0.1) is 0 Å². The molecule has 1 fully saturated rings. The number of hydrogen-bond acceptors (Lipinski definition) is 3. The second-order valence-electron chi connectivity index (χ2n) is 5.86. The lowest BCUT2D eigenvalue weighted by molar-refractivity contribution is 0.0559. The summed E-state index contributed by atoms with van der Waals surface area (Å²) in [6.07, 6.45) is 5.04. The number of para-hydroxylation sites is 1. The van der Waals surface area contributed by atoms with Crippen molar-refractivity contribution in [2.45, 2.75) is 50.7 Å². The van der Waals surface area contributed by atoms with Crippen LogP contribution in [0.15, 0.2) is 24.3 Å². The number of nitrogens with zero attached hydrogens (tertiary/aromatic N) is 1. The fourth-order valence-corrected chi connectivity index (χ4v) is 3.09. The molecule has 2 rings (SSSR count). The van der Waals surface area contributed by atoms with E-state index in [4.69, 9.17) is 5.73 Å². The molecule has 19 heavy (non-hydrogen) atoms. The minimum atomic E-state index is -0.516. The normalized spacial score (nSPS) is 19.4. The number of likely N-dealkylation sites (N-methyl/N-ethyl adjacent to an activating group) is 1. The van der Waals surface area contributed by atoms with Crippen LogP contribution < -0.4 is 10.6 Å². The van der Waals surface area contributed by atoms with Gasteiger partial charge in [0.15, 0.2) is 0 Å². The van der Waals surface area contributed by atoms with E-state index in [9.17, 15) is 5.11 Å². The van der Waals surface area contributed by atoms with Crippen LogP contribution in [0, 0.1) is 0 Å². The number of nitrogens with two attached hydrogens (primary N) is 1. The first kappa shape index (κ1) is 14.4. The summed E-state index contributed by atoms with van der Waals surface area (Å²) in [6.45, 7) is 2.80. The van der Waals surface area contributed by atoms with Crippen molar-refractivity contribution < 1.29 is 5.11 Å². The van der Waals surface area contributed by atoms with Crippen LogP contribution in [-0.2, 0) is 0 Å². The van der Waals surface area contributed by atoms with Crippen LogP contribution in [0.25, 0.3) is 0 Å². The Morgan fingerprint density at radius 1 is 1.32 bits per heavy atom. The highest BCUT2D eigenvalue weighted by Gasteiger charge is 2.32. The molecule has 1 aliphatic carbocycles. The summed E-state index contributed by atoms with van der Waals surface area (Å²) in [7, 11) is 2.05. The van der Waals surface area contributed by atoms with E-state index >= 15 is 0 Å². The lowest BCUT2D eigenvalue weighted by Gasteiger charge is -2.32. The van der Waals surface area contributed by atoms with Crippen molar-refractivity contribution in [1.29, 1.82) is 0 Å². The second kappa shape index (κ2) is 5.93. The summed E-state index contributed by atoms with van der Waals surface area (Å²) >= 11 is 0. The molecule has 1 aliphatic rings. The van der Waals surface area contributed by atoms with E-state index in [0.717, 1.165) is 37.8 Å². The molecule has 0 amide bonds. The lowest BCUT2D eigenvalue weighted by Crippen LogP contribution is -2.39. The molecule has 0 aromatic heterocycles. The van der Waals surface area contributed by atoms with E-state index in [1.165, 1.54) is 5.56 Å². The average Bonchev–Trinajstić information content (AvgIpc) is 2.84. The van der Waals surface area contributed by atoms with Crippen molar-refractivity contribution in [3.63, 3.8) is 0 Å². The van der Waals surface area contributed by atoms with Crippen molar-refractivity contribution in [2.24, 2.45) is 5.73 Å². The highest BCUT2D eigenvalue weighted by Crippen LogP contribution is 2.33. The molecule has 3 nitrogen and oxygen atoms in total. The van der Waals surface area contributed by atoms with Gasteiger partial charge in [0.2, 0.25) is 0 Å². The van der Waals surface area contributed by atoms with Gasteiger partial charge in [-0.3, -0.25) is 0 Å². The molecule has 1 atom stereocenters. The molecule has 0 aliphatic heterocycles. The minimum Gasteiger partial charge on any atom is -0.388 e. The molecule has 1 aromatic rings. The van der Waals surface area contributed by atoms with Gasteiger partial charge >= 0.3 is 0 Å². The monoisotopic (exact) mass is 262 g/mol. The van der Waals surface area contributed by atoms with Crippen molar-refractivity contribution in [3.8, 4) is 0 Å². The van der Waals surface area contributed by atoms with E-state index in [2.05, 4.69) is 31.0 Å². The van der Waals surface area contributed by atoms with Crippen molar-refractivity contribution in [2.75, 3.05) is 18.5 Å². The third-order valence-corrected chi connectivity index (χ3v) is 4.25. The first-order valence-corrected chi connectivity index (χ1v) is 7.34. The molecule has 0 radical (unpaired) electrons. The second-order valence-corrected chi connectivity index (χ2v) is 5.86. The van der Waals surface area contributed by atoms with E-state index in [1.54, 1.807) is 0 Å². The predicted molar refractivity (Wildman–Crippen MR) is 80.3 cm³/mol. The zero-order valence-electron chi connectivity index (χ0n) is 12.1. The first-order valence-electron chi connectivity index (χ1n) is 7.34. The van der Waals surface area contributed by atoms with Gasteiger partial charge in [-0.1, -0.05) is 38.0 Å². The predicted octanol–water partition coefficient (Wildman–Crippen LogP) is 2.84. The Bertz CT molecular complexity index is 413. The van der Waals surface area contributed by atoms with Crippen LogP contribution >= 0.6 is 0 Å². The quantitative estimate of drug-likeness (QED) is 0.858. The Hall–Kier alpha value is -1.06. The third-order valence-electron chi connectivity index (χ3n) is 4.25. The molecule has 106 valence electrons. The maximum Gasteiger partial charge on any atom is 0.0821 e. The molecule has 0 spiro atoms. The van der Waals surface area contributed by atoms with Crippen LogP contribution in [-0.4, -0.2) is 24.3 Å². The number of anilines is 1. The highest BCUT2D eigenvalue weighted by molar-refractivity contribution is 5.54. The van der Waals surface area contributed by atoms with Gasteiger partial charge in [0.1, 0.15) is 0 Å². The van der Waals surface area contributed by atoms with Gasteiger partial charge in [0, 0.05) is 25.3 Å². The Morgan fingerprint density at radius 2 is 1.95 bits per heavy atom. The van der Waals surface area contributed by atoms with Crippen LogP contribution in [0.2, 0.25) is 0 Å². The third kappa shape index (κ3) is 3.28. The van der Waals surface area contributed by atoms with Gasteiger partial charge in [-0.25, -0.2) is 0 Å². The summed E-state index contributed by atoms with van der Waals surface area (Å²) in [6, 6.07) is 8.34. The molecule has 1 aromatic carbocycles. The molecule has 0 saturated heterocycles. The lowest BCUT2D eigenvalue weighted by atomic mass is 9.99. The SMILES string of the molecule is CC[C@@H](N)c1ccccc1N(C)CC1(O)CCCC1. The number of rotatable bonds is 5. The highest BCUT2D eigenvalue weighted by atomic mass is 16.3. The largest absolute Gasteiger partial charge is 0.388 e. The standard InChI is InChI=1S/C16H26N2O/c1-3-14(17)13-8-4-5-9-15(13)18(2)12-16(19)10-6-7-11-16/h4-5,8-9,14,19H,3,6-7,10-12,17H2,1-2H3/t14-/m1/s1. The summed E-state index contributed by atoms with van der Waals surface area (Å²) in [5, 5.41) is 10.5. The summed E-state index contributed by atoms with van der Waals surface area (Å²) in [5.41, 5.74) is 7.99. The van der Waals surface area contributed by atoms with Gasteiger partial charge in [-0.05, 0) is 30.9 Å². The van der Waals surface area contributed by atoms with Crippen LogP contribution in [0.4, 0.5) is 5.69 Å². The fourth-order valence-electron chi connectivity index (χ4n) is 3.09. The Balaban J connectivity index is 2.16. The summed E-state index contributed by atoms with van der Waals surface area (Å²) < 4.78 is 0. The summed E-state index contributed by atoms with van der Waals surface area (Å²) in [4.78, 5) is 2.16. The molecule has 0 unspecified atom stereocenters. The fraction of sp³-hybridized carbons (Fsp3) is 0.625. The van der Waals surface area contributed by atoms with Crippen LogP contribution in [0.3, 0.4) is 0 Å². The van der Waals surface area contributed by atoms with Crippen molar-refractivity contribution >= 4 is 5.69 Å². The Kier molecular flexibility index (Phi) is 4.48. The number of benzene rings is 1. The van der Waals surface area contributed by atoms with Crippen LogP contribution in [0.1, 0.15) is 50.6 Å². The maximum absolute atomic E-state index is 10.5. The van der Waals surface area contributed by atoms with Gasteiger partial charge < -0.3 is 15.7 Å². The number of hydrogen-bond donors (Lipinski definition) is 2. The molecule has 1 saturated carbocycles. The maximum atomic E-state index is 10.5. The molecule has 3 N–H and O–H groups in total. The molecular formula is C16H26N2O. The van der Waals surface area contributed by atoms with Gasteiger partial charge in [0.25, 0.3) is 0 Å². The van der Waals surface area contributed by atoms with Gasteiger partial charge in [-0.2, -0.15) is 0 Å². The topological polar surface area (TPSA) is 49.5 Å². The average molecular weight is 262 g/mol. The molecular weight excluding hydrogens is 236 g/mol. The van der Waals surface area contributed by atoms with E-state index in [-0.39, 0.29) is 6.04 Å². The van der Waals surface area contributed by atoms with Crippen molar-refractivity contribution in [1.82, 2.24) is 0 Å².